The Morgan fingerprint density at radius 2 is 1.92 bits per heavy atom. The molecule has 0 amide bonds. The topological polar surface area (TPSA) is 41.5 Å². The summed E-state index contributed by atoms with van der Waals surface area (Å²) in [4.78, 5) is 5.35. The Morgan fingerprint density at radius 1 is 1.31 bits per heavy atom. The van der Waals surface area contributed by atoms with Crippen molar-refractivity contribution in [3.05, 3.63) is 0 Å². The number of hydroxylamine groups is 1. The summed E-state index contributed by atoms with van der Waals surface area (Å²) in [5.74, 6) is 0. The van der Waals surface area contributed by atoms with Crippen LogP contribution < -0.4 is 5.48 Å². The summed E-state index contributed by atoms with van der Waals surface area (Å²) >= 11 is 0. The molecule has 1 saturated carbocycles. The summed E-state index contributed by atoms with van der Waals surface area (Å²) in [6.45, 7) is 7.83. The molecule has 1 aliphatic carbocycles. The normalized spacial score (nSPS) is 40.2. The maximum Gasteiger partial charge on any atom is 0.0820 e. The zero-order valence-corrected chi connectivity index (χ0v) is 9.05. The second-order valence-electron chi connectivity index (χ2n) is 4.73. The fourth-order valence-electron chi connectivity index (χ4n) is 1.74. The van der Waals surface area contributed by atoms with Gasteiger partial charge in [0.05, 0.1) is 17.2 Å². The Morgan fingerprint density at radius 3 is 2.31 bits per heavy atom. The van der Waals surface area contributed by atoms with Crippen molar-refractivity contribution >= 4 is 0 Å². The molecular weight excluding hydrogens is 166 g/mol. The van der Waals surface area contributed by atoms with Gasteiger partial charge in [0.15, 0.2) is 0 Å². The minimum Gasteiger partial charge on any atom is -0.388 e. The highest BCUT2D eigenvalue weighted by Crippen LogP contribution is 2.38. The van der Waals surface area contributed by atoms with Crippen LogP contribution in [-0.2, 0) is 4.84 Å². The Labute approximate surface area is 80.4 Å². The molecule has 2 atom stereocenters. The van der Waals surface area contributed by atoms with Crippen LogP contribution in [0.3, 0.4) is 0 Å². The zero-order chi connectivity index (χ0) is 10.1. The van der Waals surface area contributed by atoms with Gasteiger partial charge in [-0.3, -0.25) is 4.84 Å². The minimum atomic E-state index is -0.651. The molecule has 2 unspecified atom stereocenters. The van der Waals surface area contributed by atoms with E-state index < -0.39 is 5.60 Å². The smallest absolute Gasteiger partial charge is 0.0820 e. The van der Waals surface area contributed by atoms with Crippen molar-refractivity contribution in [3.8, 4) is 0 Å². The van der Waals surface area contributed by atoms with Crippen molar-refractivity contribution in [2.45, 2.75) is 64.2 Å². The average molecular weight is 187 g/mol. The highest BCUT2D eigenvalue weighted by molar-refractivity contribution is 5.03. The van der Waals surface area contributed by atoms with Gasteiger partial charge in [-0.25, -0.2) is 0 Å². The molecule has 0 radical (unpaired) electrons. The first kappa shape index (κ1) is 11.0. The summed E-state index contributed by atoms with van der Waals surface area (Å²) in [5.41, 5.74) is 2.05. The van der Waals surface area contributed by atoms with Crippen molar-refractivity contribution in [1.82, 2.24) is 5.48 Å². The number of hydrogen-bond donors (Lipinski definition) is 2. The molecule has 13 heavy (non-hydrogen) atoms. The van der Waals surface area contributed by atoms with Crippen LogP contribution in [0.1, 0.15) is 47.0 Å². The summed E-state index contributed by atoms with van der Waals surface area (Å²) < 4.78 is 0. The predicted molar refractivity (Wildman–Crippen MR) is 52.2 cm³/mol. The fourth-order valence-corrected chi connectivity index (χ4v) is 1.74. The van der Waals surface area contributed by atoms with Crippen LogP contribution in [-0.4, -0.2) is 22.4 Å². The molecule has 3 nitrogen and oxygen atoms in total. The van der Waals surface area contributed by atoms with Gasteiger partial charge in [-0.05, 0) is 47.0 Å². The van der Waals surface area contributed by atoms with E-state index in [1.165, 1.54) is 0 Å². The molecule has 1 fully saturated rings. The largest absolute Gasteiger partial charge is 0.388 e. The third kappa shape index (κ3) is 2.22. The van der Waals surface area contributed by atoms with Crippen LogP contribution in [0.2, 0.25) is 0 Å². The van der Waals surface area contributed by atoms with Gasteiger partial charge in [0.2, 0.25) is 0 Å². The molecule has 3 heteroatoms. The van der Waals surface area contributed by atoms with E-state index in [1.807, 2.05) is 27.7 Å². The lowest BCUT2D eigenvalue weighted by Crippen LogP contribution is -2.56. The molecule has 0 bridgehead atoms. The summed E-state index contributed by atoms with van der Waals surface area (Å²) in [6.07, 6.45) is 3.01. The van der Waals surface area contributed by atoms with Gasteiger partial charge in [0, 0.05) is 0 Å². The van der Waals surface area contributed by atoms with Crippen LogP contribution in [0.25, 0.3) is 0 Å². The number of rotatable bonds is 3. The molecule has 0 aromatic rings. The third-order valence-electron chi connectivity index (χ3n) is 3.05. The second-order valence-corrected chi connectivity index (χ2v) is 4.73. The Hall–Kier alpha value is -0.120. The van der Waals surface area contributed by atoms with E-state index in [2.05, 4.69) is 5.48 Å². The summed E-state index contributed by atoms with van der Waals surface area (Å²) in [5, 5.41) is 10.1. The van der Waals surface area contributed by atoms with Crippen molar-refractivity contribution in [2.75, 3.05) is 0 Å². The highest BCUT2D eigenvalue weighted by atomic mass is 16.7. The molecule has 2 N–H and O–H groups in total. The number of hydrogen-bond acceptors (Lipinski definition) is 3. The number of aliphatic hydroxyl groups is 1. The molecule has 78 valence electrons. The van der Waals surface area contributed by atoms with Gasteiger partial charge in [0.1, 0.15) is 0 Å². The molecule has 0 spiro atoms. The standard InChI is InChI=1S/C10H21NO2/c1-8(2)13-11-9(3)6-5-7-10(9,4)12/h8,11-12H,5-7H2,1-4H3. The van der Waals surface area contributed by atoms with Crippen molar-refractivity contribution in [1.29, 1.82) is 0 Å². The fraction of sp³-hybridized carbons (Fsp3) is 1.00. The maximum absolute atomic E-state index is 10.1. The first-order chi connectivity index (χ1) is 5.87. The predicted octanol–water partition coefficient (Wildman–Crippen LogP) is 1.61. The Balaban J connectivity index is 2.54. The Kier molecular flexibility index (Phi) is 3.00. The van der Waals surface area contributed by atoms with Crippen LogP contribution in [0.15, 0.2) is 0 Å². The van der Waals surface area contributed by atoms with E-state index in [-0.39, 0.29) is 11.6 Å². The van der Waals surface area contributed by atoms with E-state index in [1.54, 1.807) is 0 Å². The molecule has 1 aliphatic rings. The lowest BCUT2D eigenvalue weighted by molar-refractivity contribution is -0.116. The molecule has 0 aromatic heterocycles. The first-order valence-corrected chi connectivity index (χ1v) is 5.03. The molecule has 0 saturated heterocycles. The van der Waals surface area contributed by atoms with Crippen LogP contribution in [0.4, 0.5) is 0 Å². The molecule has 0 heterocycles. The van der Waals surface area contributed by atoms with E-state index in [0.29, 0.717) is 0 Å². The summed E-state index contributed by atoms with van der Waals surface area (Å²) in [7, 11) is 0. The summed E-state index contributed by atoms with van der Waals surface area (Å²) in [6, 6.07) is 0. The van der Waals surface area contributed by atoms with E-state index >= 15 is 0 Å². The lowest BCUT2D eigenvalue weighted by Gasteiger charge is -2.37. The van der Waals surface area contributed by atoms with Crippen LogP contribution >= 0.6 is 0 Å². The van der Waals surface area contributed by atoms with Gasteiger partial charge in [0.25, 0.3) is 0 Å². The van der Waals surface area contributed by atoms with E-state index in [4.69, 9.17) is 4.84 Å². The van der Waals surface area contributed by atoms with Gasteiger partial charge in [-0.2, -0.15) is 5.48 Å². The van der Waals surface area contributed by atoms with Crippen molar-refractivity contribution in [2.24, 2.45) is 0 Å². The zero-order valence-electron chi connectivity index (χ0n) is 9.05. The molecule has 0 aliphatic heterocycles. The molecule has 0 aromatic carbocycles. The highest BCUT2D eigenvalue weighted by Gasteiger charge is 2.47. The molecular formula is C10H21NO2. The van der Waals surface area contributed by atoms with Gasteiger partial charge in [-0.15, -0.1) is 0 Å². The van der Waals surface area contributed by atoms with Crippen molar-refractivity contribution in [3.63, 3.8) is 0 Å². The van der Waals surface area contributed by atoms with Crippen LogP contribution in [0.5, 0.6) is 0 Å². The maximum atomic E-state index is 10.1. The molecule has 1 rings (SSSR count). The van der Waals surface area contributed by atoms with Gasteiger partial charge in [-0.1, -0.05) is 0 Å². The quantitative estimate of drug-likeness (QED) is 0.660. The first-order valence-electron chi connectivity index (χ1n) is 5.03. The number of nitrogens with one attached hydrogen (secondary N) is 1. The minimum absolute atomic E-state index is 0.147. The lowest BCUT2D eigenvalue weighted by atomic mass is 9.87. The Bertz CT molecular complexity index is 180. The van der Waals surface area contributed by atoms with Crippen LogP contribution in [0, 0.1) is 0 Å². The van der Waals surface area contributed by atoms with Gasteiger partial charge < -0.3 is 5.11 Å². The van der Waals surface area contributed by atoms with Crippen molar-refractivity contribution < 1.29 is 9.94 Å². The SMILES string of the molecule is CC(C)ONC1(C)CCCC1(C)O. The second kappa shape index (κ2) is 3.56. The van der Waals surface area contributed by atoms with E-state index in [0.717, 1.165) is 19.3 Å². The van der Waals surface area contributed by atoms with Gasteiger partial charge >= 0.3 is 0 Å². The monoisotopic (exact) mass is 187 g/mol. The average Bonchev–Trinajstić information content (AvgIpc) is 2.24. The third-order valence-corrected chi connectivity index (χ3v) is 3.05. The van der Waals surface area contributed by atoms with E-state index in [9.17, 15) is 5.11 Å².